The summed E-state index contributed by atoms with van der Waals surface area (Å²) in [5, 5.41) is 0. The molecule has 0 saturated carbocycles. The van der Waals surface area contributed by atoms with Crippen LogP contribution in [0.15, 0.2) is 12.7 Å². The summed E-state index contributed by atoms with van der Waals surface area (Å²) < 4.78 is 4.62. The third-order valence-corrected chi connectivity index (χ3v) is 1.55. The molecule has 11 heavy (non-hydrogen) atoms. The van der Waals surface area contributed by atoms with E-state index in [1.165, 1.54) is 0 Å². The van der Waals surface area contributed by atoms with E-state index in [-0.39, 0.29) is 0 Å². The van der Waals surface area contributed by atoms with E-state index in [1.807, 2.05) is 6.08 Å². The Morgan fingerprint density at radius 3 is 2.91 bits per heavy atom. The first-order valence-corrected chi connectivity index (χ1v) is 3.97. The van der Waals surface area contributed by atoms with Crippen LogP contribution < -0.4 is 0 Å². The monoisotopic (exact) mass is 156 g/mol. The average Bonchev–Trinajstić information content (AvgIpc) is 2.01. The lowest BCUT2D eigenvalue weighted by Gasteiger charge is -2.07. The highest BCUT2D eigenvalue weighted by molar-refractivity contribution is 5.36. The largest absolute Gasteiger partial charge is 0.468 e. The molecule has 1 unspecified atom stereocenters. The third kappa shape index (κ3) is 7.10. The van der Waals surface area contributed by atoms with Crippen LogP contribution in [0.1, 0.15) is 26.2 Å². The predicted molar refractivity (Wildman–Crippen MR) is 45.2 cm³/mol. The molecule has 2 heteroatoms. The summed E-state index contributed by atoms with van der Waals surface area (Å²) in [6.45, 7) is 6.75. The molecule has 0 aromatic carbocycles. The van der Waals surface area contributed by atoms with Crippen LogP contribution >= 0.6 is 0 Å². The van der Waals surface area contributed by atoms with E-state index >= 15 is 0 Å². The van der Waals surface area contributed by atoms with Gasteiger partial charge in [0.1, 0.15) is 0 Å². The highest BCUT2D eigenvalue weighted by Crippen LogP contribution is 2.07. The Morgan fingerprint density at radius 1 is 1.64 bits per heavy atom. The van der Waals surface area contributed by atoms with Crippen LogP contribution in [0.4, 0.5) is 0 Å². The highest BCUT2D eigenvalue weighted by atomic mass is 16.5. The number of unbranched alkanes of at least 4 members (excludes halogenated alkanes) is 1. The van der Waals surface area contributed by atoms with Crippen molar-refractivity contribution in [3.05, 3.63) is 12.7 Å². The first kappa shape index (κ1) is 10.2. The van der Waals surface area contributed by atoms with Gasteiger partial charge in [0, 0.05) is 0 Å². The zero-order valence-corrected chi connectivity index (χ0v) is 7.08. The molecule has 0 saturated heterocycles. The lowest BCUT2D eigenvalue weighted by molar-refractivity contribution is -0.129. The molecule has 0 radical (unpaired) electrons. The van der Waals surface area contributed by atoms with Crippen molar-refractivity contribution < 1.29 is 9.53 Å². The van der Waals surface area contributed by atoms with E-state index in [0.717, 1.165) is 19.3 Å². The maximum atomic E-state index is 9.80. The molecule has 0 bridgehead atoms. The predicted octanol–water partition coefficient (Wildman–Crippen LogP) is 2.15. The van der Waals surface area contributed by atoms with E-state index in [2.05, 4.69) is 18.2 Å². The standard InChI is InChI=1S/C9H16O2/c1-3-4-5-6-9(2)7-11-8-10/h3,8-9H,1,4-7H2,2H3. The number of carbonyl (C=O) groups is 1. The Morgan fingerprint density at radius 2 is 2.36 bits per heavy atom. The van der Waals surface area contributed by atoms with Gasteiger partial charge in [-0.1, -0.05) is 13.0 Å². The quantitative estimate of drug-likeness (QED) is 0.321. The molecule has 0 aliphatic heterocycles. The minimum Gasteiger partial charge on any atom is -0.468 e. The molecule has 0 fully saturated rings. The molecule has 0 aromatic heterocycles. The summed E-state index contributed by atoms with van der Waals surface area (Å²) in [6.07, 6.45) is 5.19. The maximum absolute atomic E-state index is 9.80. The van der Waals surface area contributed by atoms with Crippen LogP contribution in [0.2, 0.25) is 0 Å². The SMILES string of the molecule is C=CCCCC(C)COC=O. The summed E-state index contributed by atoms with van der Waals surface area (Å²) in [5.74, 6) is 0.472. The smallest absolute Gasteiger partial charge is 0.293 e. The number of carbonyl (C=O) groups excluding carboxylic acids is 1. The van der Waals surface area contributed by atoms with Gasteiger partial charge < -0.3 is 4.74 Å². The van der Waals surface area contributed by atoms with Crippen molar-refractivity contribution in [3.8, 4) is 0 Å². The summed E-state index contributed by atoms with van der Waals surface area (Å²) in [6, 6.07) is 0. The molecule has 1 atom stereocenters. The van der Waals surface area contributed by atoms with Gasteiger partial charge in [-0.05, 0) is 25.2 Å². The topological polar surface area (TPSA) is 26.3 Å². The van der Waals surface area contributed by atoms with Gasteiger partial charge in [0.25, 0.3) is 6.47 Å². The first-order chi connectivity index (χ1) is 5.31. The summed E-state index contributed by atoms with van der Waals surface area (Å²) >= 11 is 0. The highest BCUT2D eigenvalue weighted by Gasteiger charge is 2.00. The third-order valence-electron chi connectivity index (χ3n) is 1.55. The first-order valence-electron chi connectivity index (χ1n) is 3.97. The van der Waals surface area contributed by atoms with E-state index in [4.69, 9.17) is 0 Å². The minimum absolute atomic E-state index is 0.472. The fourth-order valence-electron chi connectivity index (χ4n) is 0.898. The molecule has 0 aliphatic carbocycles. The Bertz CT molecular complexity index is 110. The molecule has 2 nitrogen and oxygen atoms in total. The summed E-state index contributed by atoms with van der Waals surface area (Å²) in [4.78, 5) is 9.80. The zero-order valence-electron chi connectivity index (χ0n) is 7.08. The van der Waals surface area contributed by atoms with Crippen molar-refractivity contribution in [2.45, 2.75) is 26.2 Å². The normalized spacial score (nSPS) is 12.1. The second-order valence-corrected chi connectivity index (χ2v) is 2.75. The number of hydrogen-bond donors (Lipinski definition) is 0. The second kappa shape index (κ2) is 7.32. The zero-order chi connectivity index (χ0) is 8.53. The Balaban J connectivity index is 3.14. The molecular weight excluding hydrogens is 140 g/mol. The molecular formula is C9H16O2. The molecule has 0 rings (SSSR count). The number of ether oxygens (including phenoxy) is 1. The number of rotatable bonds is 7. The van der Waals surface area contributed by atoms with Gasteiger partial charge in [-0.2, -0.15) is 0 Å². The van der Waals surface area contributed by atoms with Gasteiger partial charge >= 0.3 is 0 Å². The van der Waals surface area contributed by atoms with Gasteiger partial charge in [-0.25, -0.2) is 0 Å². The Labute approximate surface area is 68.2 Å². The summed E-state index contributed by atoms with van der Waals surface area (Å²) in [5.41, 5.74) is 0. The Kier molecular flexibility index (Phi) is 6.79. The van der Waals surface area contributed by atoms with Crippen molar-refractivity contribution in [3.63, 3.8) is 0 Å². The molecule has 0 amide bonds. The molecule has 0 heterocycles. The van der Waals surface area contributed by atoms with Crippen LogP contribution in [-0.4, -0.2) is 13.1 Å². The van der Waals surface area contributed by atoms with Gasteiger partial charge in [0.15, 0.2) is 0 Å². The van der Waals surface area contributed by atoms with E-state index in [0.29, 0.717) is 19.0 Å². The second-order valence-electron chi connectivity index (χ2n) is 2.75. The molecule has 0 N–H and O–H groups in total. The lowest BCUT2D eigenvalue weighted by Crippen LogP contribution is -2.04. The van der Waals surface area contributed by atoms with Gasteiger partial charge in [0.2, 0.25) is 0 Å². The molecule has 0 spiro atoms. The minimum atomic E-state index is 0.472. The lowest BCUT2D eigenvalue weighted by atomic mass is 10.1. The maximum Gasteiger partial charge on any atom is 0.293 e. The number of hydrogen-bond acceptors (Lipinski definition) is 2. The number of allylic oxidation sites excluding steroid dienone is 1. The van der Waals surface area contributed by atoms with Crippen LogP contribution in [-0.2, 0) is 9.53 Å². The van der Waals surface area contributed by atoms with Crippen molar-refractivity contribution in [1.82, 2.24) is 0 Å². The van der Waals surface area contributed by atoms with Crippen LogP contribution in [0.25, 0.3) is 0 Å². The summed E-state index contributed by atoms with van der Waals surface area (Å²) in [7, 11) is 0. The van der Waals surface area contributed by atoms with Crippen LogP contribution in [0.5, 0.6) is 0 Å². The van der Waals surface area contributed by atoms with Gasteiger partial charge in [-0.3, -0.25) is 4.79 Å². The molecule has 0 aliphatic rings. The van der Waals surface area contributed by atoms with Gasteiger partial charge in [-0.15, -0.1) is 6.58 Å². The van der Waals surface area contributed by atoms with Crippen molar-refractivity contribution in [2.24, 2.45) is 5.92 Å². The van der Waals surface area contributed by atoms with Crippen molar-refractivity contribution >= 4 is 6.47 Å². The molecule has 64 valence electrons. The fourth-order valence-corrected chi connectivity index (χ4v) is 0.898. The average molecular weight is 156 g/mol. The van der Waals surface area contributed by atoms with Gasteiger partial charge in [0.05, 0.1) is 6.61 Å². The van der Waals surface area contributed by atoms with E-state index in [1.54, 1.807) is 0 Å². The van der Waals surface area contributed by atoms with E-state index < -0.39 is 0 Å². The molecule has 0 aromatic rings. The van der Waals surface area contributed by atoms with Crippen molar-refractivity contribution in [1.29, 1.82) is 0 Å². The van der Waals surface area contributed by atoms with Crippen molar-refractivity contribution in [2.75, 3.05) is 6.61 Å². The van der Waals surface area contributed by atoms with Crippen LogP contribution in [0.3, 0.4) is 0 Å². The van der Waals surface area contributed by atoms with Crippen LogP contribution in [0, 0.1) is 5.92 Å². The van der Waals surface area contributed by atoms with E-state index in [9.17, 15) is 4.79 Å². The fraction of sp³-hybridized carbons (Fsp3) is 0.667. The Hall–Kier alpha value is -0.790.